The average Bonchev–Trinajstić information content (AvgIpc) is 2.34. The van der Waals surface area contributed by atoms with E-state index in [1.807, 2.05) is 30.3 Å². The van der Waals surface area contributed by atoms with E-state index >= 15 is 0 Å². The number of hydrogen-bond donors (Lipinski definition) is 3. The first-order valence-electron chi connectivity index (χ1n) is 5.37. The molecule has 0 spiro atoms. The van der Waals surface area contributed by atoms with Crippen LogP contribution in [0.25, 0.3) is 0 Å². The van der Waals surface area contributed by atoms with E-state index in [1.54, 1.807) is 7.05 Å². The highest BCUT2D eigenvalue weighted by Gasteiger charge is 2.15. The third-order valence-corrected chi connectivity index (χ3v) is 2.36. The largest absolute Gasteiger partial charge is 0.395 e. The first-order valence-corrected chi connectivity index (χ1v) is 5.37. The molecule has 16 heavy (non-hydrogen) atoms. The highest BCUT2D eigenvalue weighted by atomic mass is 16.3. The monoisotopic (exact) mass is 222 g/mol. The van der Waals surface area contributed by atoms with Crippen molar-refractivity contribution in [3.8, 4) is 0 Å². The van der Waals surface area contributed by atoms with Crippen molar-refractivity contribution in [1.29, 1.82) is 0 Å². The van der Waals surface area contributed by atoms with Gasteiger partial charge in [-0.15, -0.1) is 0 Å². The predicted molar refractivity (Wildman–Crippen MR) is 63.1 cm³/mol. The maximum atomic E-state index is 11.7. The summed E-state index contributed by atoms with van der Waals surface area (Å²) in [5.41, 5.74) is 1.11. The van der Waals surface area contributed by atoms with Crippen LogP contribution < -0.4 is 10.6 Å². The number of nitrogens with one attached hydrogen (secondary N) is 2. The molecule has 4 heteroatoms. The molecule has 0 aliphatic carbocycles. The van der Waals surface area contributed by atoms with E-state index in [2.05, 4.69) is 10.6 Å². The van der Waals surface area contributed by atoms with Gasteiger partial charge in [-0.3, -0.25) is 4.79 Å². The van der Waals surface area contributed by atoms with E-state index in [9.17, 15) is 4.79 Å². The zero-order valence-electron chi connectivity index (χ0n) is 9.44. The van der Waals surface area contributed by atoms with E-state index in [1.165, 1.54) is 0 Å². The van der Waals surface area contributed by atoms with Crippen LogP contribution in [0, 0.1) is 0 Å². The van der Waals surface area contributed by atoms with Crippen LogP contribution in [0.3, 0.4) is 0 Å². The highest BCUT2D eigenvalue weighted by molar-refractivity contribution is 5.82. The molecule has 1 rings (SSSR count). The van der Waals surface area contributed by atoms with Gasteiger partial charge in [0.15, 0.2) is 0 Å². The Hall–Kier alpha value is -1.39. The Morgan fingerprint density at radius 3 is 2.62 bits per heavy atom. The van der Waals surface area contributed by atoms with Crippen LogP contribution >= 0.6 is 0 Å². The second-order valence-corrected chi connectivity index (χ2v) is 3.55. The first kappa shape index (κ1) is 12.7. The minimum absolute atomic E-state index is 0.0342. The second-order valence-electron chi connectivity index (χ2n) is 3.55. The average molecular weight is 222 g/mol. The normalized spacial score (nSPS) is 12.1. The summed E-state index contributed by atoms with van der Waals surface area (Å²) in [6, 6.07) is 9.58. The van der Waals surface area contributed by atoms with Crippen molar-refractivity contribution in [1.82, 2.24) is 10.6 Å². The van der Waals surface area contributed by atoms with Crippen molar-refractivity contribution < 1.29 is 9.90 Å². The zero-order chi connectivity index (χ0) is 11.8. The molecule has 0 saturated carbocycles. The molecule has 1 aromatic carbocycles. The van der Waals surface area contributed by atoms with Crippen LogP contribution in [0.2, 0.25) is 0 Å². The fourth-order valence-electron chi connectivity index (χ4n) is 1.48. The van der Waals surface area contributed by atoms with E-state index in [-0.39, 0.29) is 18.6 Å². The lowest BCUT2D eigenvalue weighted by molar-refractivity contribution is -0.123. The fourth-order valence-corrected chi connectivity index (χ4v) is 1.48. The minimum atomic E-state index is -0.256. The summed E-state index contributed by atoms with van der Waals surface area (Å²) in [7, 11) is 1.76. The third kappa shape index (κ3) is 4.00. The number of hydrogen-bond acceptors (Lipinski definition) is 3. The van der Waals surface area contributed by atoms with Gasteiger partial charge in [-0.1, -0.05) is 30.3 Å². The second kappa shape index (κ2) is 6.98. The number of carbonyl (C=O) groups excluding carboxylic acids is 1. The summed E-state index contributed by atoms with van der Waals surface area (Å²) in [4.78, 5) is 11.7. The van der Waals surface area contributed by atoms with Gasteiger partial charge in [-0.05, 0) is 19.0 Å². The molecular formula is C12H18N2O2. The van der Waals surface area contributed by atoms with Gasteiger partial charge in [0.05, 0.1) is 12.6 Å². The topological polar surface area (TPSA) is 61.4 Å². The van der Waals surface area contributed by atoms with Crippen LogP contribution in [0.4, 0.5) is 0 Å². The molecule has 0 heterocycles. The first-order chi connectivity index (χ1) is 7.77. The SMILES string of the molecule is CN[C@@H](Cc1ccccc1)C(=O)NCCO. The molecule has 0 aliphatic heterocycles. The van der Waals surface area contributed by atoms with E-state index in [0.717, 1.165) is 5.56 Å². The highest BCUT2D eigenvalue weighted by Crippen LogP contribution is 2.02. The van der Waals surface area contributed by atoms with Crippen LogP contribution in [0.5, 0.6) is 0 Å². The van der Waals surface area contributed by atoms with Crippen LogP contribution in [0.1, 0.15) is 5.56 Å². The van der Waals surface area contributed by atoms with Crippen LogP contribution in [-0.4, -0.2) is 37.3 Å². The number of likely N-dealkylation sites (N-methyl/N-ethyl adjacent to an activating group) is 1. The van der Waals surface area contributed by atoms with Gasteiger partial charge in [0.1, 0.15) is 0 Å². The fraction of sp³-hybridized carbons (Fsp3) is 0.417. The summed E-state index contributed by atoms with van der Waals surface area (Å²) < 4.78 is 0. The maximum Gasteiger partial charge on any atom is 0.237 e. The molecule has 0 aliphatic rings. The molecule has 0 aromatic heterocycles. The third-order valence-electron chi connectivity index (χ3n) is 2.36. The number of benzene rings is 1. The molecule has 88 valence electrons. The molecule has 0 fully saturated rings. The van der Waals surface area contributed by atoms with Gasteiger partial charge in [0.25, 0.3) is 0 Å². The Labute approximate surface area is 95.7 Å². The Kier molecular flexibility index (Phi) is 5.53. The van der Waals surface area contributed by atoms with Gasteiger partial charge >= 0.3 is 0 Å². The number of amides is 1. The van der Waals surface area contributed by atoms with Crippen molar-refractivity contribution in [2.24, 2.45) is 0 Å². The Balaban J connectivity index is 2.52. The number of aliphatic hydroxyl groups excluding tert-OH is 1. The molecule has 1 amide bonds. The lowest BCUT2D eigenvalue weighted by atomic mass is 10.1. The van der Waals surface area contributed by atoms with Gasteiger partial charge < -0.3 is 15.7 Å². The van der Waals surface area contributed by atoms with Crippen molar-refractivity contribution >= 4 is 5.91 Å². The number of rotatable bonds is 6. The van der Waals surface area contributed by atoms with Crippen LogP contribution in [0.15, 0.2) is 30.3 Å². The summed E-state index contributed by atoms with van der Waals surface area (Å²) >= 11 is 0. The molecule has 4 nitrogen and oxygen atoms in total. The van der Waals surface area contributed by atoms with Crippen LogP contribution in [-0.2, 0) is 11.2 Å². The molecule has 1 atom stereocenters. The lowest BCUT2D eigenvalue weighted by Gasteiger charge is -2.15. The molecule has 3 N–H and O–H groups in total. The molecular weight excluding hydrogens is 204 g/mol. The quantitative estimate of drug-likeness (QED) is 0.631. The minimum Gasteiger partial charge on any atom is -0.395 e. The molecule has 0 radical (unpaired) electrons. The van der Waals surface area contributed by atoms with E-state index in [0.29, 0.717) is 13.0 Å². The maximum absolute atomic E-state index is 11.7. The van der Waals surface area contributed by atoms with E-state index in [4.69, 9.17) is 5.11 Å². The smallest absolute Gasteiger partial charge is 0.237 e. The molecule has 0 bridgehead atoms. The Bertz CT molecular complexity index is 314. The standard InChI is InChI=1S/C12H18N2O2/c1-13-11(12(16)14-7-8-15)9-10-5-3-2-4-6-10/h2-6,11,13,15H,7-9H2,1H3,(H,14,16)/t11-/m0/s1. The number of carbonyl (C=O) groups is 1. The number of aliphatic hydroxyl groups is 1. The summed E-state index contributed by atoms with van der Waals surface area (Å²) in [6.45, 7) is 0.263. The van der Waals surface area contributed by atoms with Crippen molar-refractivity contribution in [2.75, 3.05) is 20.2 Å². The van der Waals surface area contributed by atoms with Crippen molar-refractivity contribution in [3.63, 3.8) is 0 Å². The lowest BCUT2D eigenvalue weighted by Crippen LogP contribution is -2.44. The predicted octanol–water partition coefficient (Wildman–Crippen LogP) is -0.0744. The van der Waals surface area contributed by atoms with Gasteiger partial charge in [0, 0.05) is 6.54 Å². The van der Waals surface area contributed by atoms with Crippen molar-refractivity contribution in [2.45, 2.75) is 12.5 Å². The van der Waals surface area contributed by atoms with Gasteiger partial charge in [-0.25, -0.2) is 0 Å². The summed E-state index contributed by atoms with van der Waals surface area (Å²) in [6.07, 6.45) is 0.647. The summed E-state index contributed by atoms with van der Waals surface area (Å²) in [5, 5.41) is 14.2. The van der Waals surface area contributed by atoms with Gasteiger partial charge in [0.2, 0.25) is 5.91 Å². The Morgan fingerprint density at radius 2 is 2.06 bits per heavy atom. The van der Waals surface area contributed by atoms with Gasteiger partial charge in [-0.2, -0.15) is 0 Å². The Morgan fingerprint density at radius 1 is 1.38 bits per heavy atom. The molecule has 0 saturated heterocycles. The van der Waals surface area contributed by atoms with E-state index < -0.39 is 0 Å². The van der Waals surface area contributed by atoms with Crippen molar-refractivity contribution in [3.05, 3.63) is 35.9 Å². The zero-order valence-corrected chi connectivity index (χ0v) is 9.44. The molecule has 1 aromatic rings. The summed E-state index contributed by atoms with van der Waals surface area (Å²) in [5.74, 6) is -0.0830. The molecule has 0 unspecified atom stereocenters.